The van der Waals surface area contributed by atoms with Gasteiger partial charge in [0.05, 0.1) is 0 Å². The van der Waals surface area contributed by atoms with Crippen LogP contribution < -0.4 is 10.6 Å². The molecule has 1 amide bonds. The Kier molecular flexibility index (Phi) is 4.87. The van der Waals surface area contributed by atoms with Crippen LogP contribution in [-0.2, 0) is 6.54 Å². The lowest BCUT2D eigenvalue weighted by Gasteiger charge is -2.08. The first-order valence-corrected chi connectivity index (χ1v) is 6.98. The van der Waals surface area contributed by atoms with Gasteiger partial charge in [0.2, 0.25) is 0 Å². The first-order chi connectivity index (χ1) is 10.0. The number of carbonyl (C=O) groups is 1. The van der Waals surface area contributed by atoms with Gasteiger partial charge in [0.25, 0.3) is 5.91 Å². The fourth-order valence-corrected chi connectivity index (χ4v) is 1.92. The van der Waals surface area contributed by atoms with Crippen LogP contribution in [0.5, 0.6) is 0 Å². The Balaban J connectivity index is 1.94. The maximum absolute atomic E-state index is 12.0. The van der Waals surface area contributed by atoms with Crippen LogP contribution in [0.2, 0.25) is 0 Å². The van der Waals surface area contributed by atoms with Gasteiger partial charge in [0.1, 0.15) is 5.82 Å². The molecule has 1 aromatic heterocycles. The molecule has 0 unspecified atom stereocenters. The van der Waals surface area contributed by atoms with Crippen LogP contribution in [0, 0.1) is 6.92 Å². The second-order valence-corrected chi connectivity index (χ2v) is 5.27. The van der Waals surface area contributed by atoms with Gasteiger partial charge < -0.3 is 10.6 Å². The summed E-state index contributed by atoms with van der Waals surface area (Å²) in [6.45, 7) is 6.54. The van der Waals surface area contributed by atoms with Crippen molar-refractivity contribution in [3.8, 4) is 0 Å². The van der Waals surface area contributed by atoms with E-state index < -0.39 is 0 Å². The minimum atomic E-state index is -0.222. The number of hydrogen-bond donors (Lipinski definition) is 2. The third-order valence-corrected chi connectivity index (χ3v) is 2.87. The molecule has 1 heterocycles. The Morgan fingerprint density at radius 2 is 2.00 bits per heavy atom. The number of aryl methyl sites for hydroxylation is 1. The highest BCUT2D eigenvalue weighted by atomic mass is 16.1. The number of nitrogens with one attached hydrogen (secondary N) is 2. The summed E-state index contributed by atoms with van der Waals surface area (Å²) in [7, 11) is 0. The summed E-state index contributed by atoms with van der Waals surface area (Å²) in [5, 5.41) is 13.9. The number of benzene rings is 1. The second-order valence-electron chi connectivity index (χ2n) is 5.27. The molecule has 1 aromatic carbocycles. The highest BCUT2D eigenvalue weighted by Gasteiger charge is 2.08. The van der Waals surface area contributed by atoms with Gasteiger partial charge >= 0.3 is 0 Å². The third kappa shape index (κ3) is 4.56. The lowest BCUT2D eigenvalue weighted by atomic mass is 10.1. The fourth-order valence-electron chi connectivity index (χ4n) is 1.92. The Morgan fingerprint density at radius 1 is 1.19 bits per heavy atom. The van der Waals surface area contributed by atoms with Crippen molar-refractivity contribution < 1.29 is 4.79 Å². The van der Waals surface area contributed by atoms with E-state index in [0.717, 1.165) is 5.56 Å². The summed E-state index contributed by atoms with van der Waals surface area (Å²) >= 11 is 0. The smallest absolute Gasteiger partial charge is 0.272 e. The average molecular weight is 284 g/mol. The predicted molar refractivity (Wildman–Crippen MR) is 83.1 cm³/mol. The van der Waals surface area contributed by atoms with Crippen LogP contribution in [-0.4, -0.2) is 22.1 Å². The summed E-state index contributed by atoms with van der Waals surface area (Å²) in [4.78, 5) is 12.0. The molecule has 0 aliphatic carbocycles. The van der Waals surface area contributed by atoms with E-state index in [-0.39, 0.29) is 11.9 Å². The van der Waals surface area contributed by atoms with Crippen LogP contribution in [0.25, 0.3) is 0 Å². The van der Waals surface area contributed by atoms with Crippen LogP contribution >= 0.6 is 0 Å². The van der Waals surface area contributed by atoms with Crippen LogP contribution in [0.1, 0.15) is 35.5 Å². The quantitative estimate of drug-likeness (QED) is 0.885. The molecule has 2 N–H and O–H groups in total. The van der Waals surface area contributed by atoms with Crippen molar-refractivity contribution in [2.24, 2.45) is 0 Å². The zero-order valence-corrected chi connectivity index (χ0v) is 12.6. The van der Waals surface area contributed by atoms with E-state index in [1.807, 2.05) is 45.0 Å². The second kappa shape index (κ2) is 6.83. The summed E-state index contributed by atoms with van der Waals surface area (Å²) in [5.41, 5.74) is 2.55. The van der Waals surface area contributed by atoms with Crippen LogP contribution in [0.15, 0.2) is 36.4 Å². The zero-order valence-electron chi connectivity index (χ0n) is 12.6. The molecular formula is C16H20N4O. The van der Waals surface area contributed by atoms with E-state index in [4.69, 9.17) is 0 Å². The fraction of sp³-hybridized carbons (Fsp3) is 0.312. The average Bonchev–Trinajstić information content (AvgIpc) is 2.45. The van der Waals surface area contributed by atoms with E-state index in [2.05, 4.69) is 20.8 Å². The summed E-state index contributed by atoms with van der Waals surface area (Å²) in [6.07, 6.45) is 0. The summed E-state index contributed by atoms with van der Waals surface area (Å²) in [6, 6.07) is 11.7. The Bertz CT molecular complexity index is 608. The van der Waals surface area contributed by atoms with E-state index >= 15 is 0 Å². The predicted octanol–water partition coefficient (Wildman–Crippen LogP) is 2.54. The summed E-state index contributed by atoms with van der Waals surface area (Å²) in [5.74, 6) is 0.445. The molecule has 0 spiro atoms. The molecule has 0 fully saturated rings. The highest BCUT2D eigenvalue weighted by Crippen LogP contribution is 2.06. The Morgan fingerprint density at radius 3 is 2.62 bits per heavy atom. The van der Waals surface area contributed by atoms with Crippen molar-refractivity contribution >= 4 is 11.7 Å². The Hall–Kier alpha value is -2.43. The SMILES string of the molecule is Cc1cccc(CNC(=O)c2ccc(NC(C)C)nn2)c1. The largest absolute Gasteiger partial charge is 0.366 e. The highest BCUT2D eigenvalue weighted by molar-refractivity contribution is 5.92. The van der Waals surface area contributed by atoms with Crippen molar-refractivity contribution in [3.63, 3.8) is 0 Å². The molecule has 0 saturated carbocycles. The monoisotopic (exact) mass is 284 g/mol. The third-order valence-electron chi connectivity index (χ3n) is 2.87. The first-order valence-electron chi connectivity index (χ1n) is 6.98. The van der Waals surface area contributed by atoms with E-state index in [0.29, 0.717) is 18.1 Å². The number of rotatable bonds is 5. The van der Waals surface area contributed by atoms with E-state index in [9.17, 15) is 4.79 Å². The van der Waals surface area contributed by atoms with Crippen molar-refractivity contribution in [2.75, 3.05) is 5.32 Å². The Labute approximate surface area is 124 Å². The van der Waals surface area contributed by atoms with Gasteiger partial charge in [0.15, 0.2) is 5.69 Å². The minimum absolute atomic E-state index is 0.222. The molecule has 0 saturated heterocycles. The number of amides is 1. The van der Waals surface area contributed by atoms with Gasteiger partial charge in [-0.1, -0.05) is 29.8 Å². The summed E-state index contributed by atoms with van der Waals surface area (Å²) < 4.78 is 0. The number of hydrogen-bond acceptors (Lipinski definition) is 4. The van der Waals surface area contributed by atoms with Gasteiger partial charge in [-0.05, 0) is 38.5 Å². The van der Waals surface area contributed by atoms with Crippen molar-refractivity contribution in [1.82, 2.24) is 15.5 Å². The number of nitrogens with zero attached hydrogens (tertiary/aromatic N) is 2. The maximum atomic E-state index is 12.0. The molecule has 0 bridgehead atoms. The molecule has 0 radical (unpaired) electrons. The molecule has 0 atom stereocenters. The van der Waals surface area contributed by atoms with E-state index in [1.165, 1.54) is 5.56 Å². The molecule has 2 rings (SSSR count). The van der Waals surface area contributed by atoms with Gasteiger partial charge in [0, 0.05) is 12.6 Å². The molecule has 5 nitrogen and oxygen atoms in total. The van der Waals surface area contributed by atoms with Crippen molar-refractivity contribution in [3.05, 3.63) is 53.2 Å². The molecule has 21 heavy (non-hydrogen) atoms. The van der Waals surface area contributed by atoms with Crippen molar-refractivity contribution in [1.29, 1.82) is 0 Å². The van der Waals surface area contributed by atoms with Crippen molar-refractivity contribution in [2.45, 2.75) is 33.4 Å². The molecular weight excluding hydrogens is 264 g/mol. The minimum Gasteiger partial charge on any atom is -0.366 e. The molecule has 110 valence electrons. The lowest BCUT2D eigenvalue weighted by molar-refractivity contribution is 0.0945. The van der Waals surface area contributed by atoms with Gasteiger partial charge in [-0.2, -0.15) is 0 Å². The van der Waals surface area contributed by atoms with Gasteiger partial charge in [-0.15, -0.1) is 10.2 Å². The zero-order chi connectivity index (χ0) is 15.2. The molecule has 0 aliphatic heterocycles. The normalized spacial score (nSPS) is 10.5. The first kappa shape index (κ1) is 15.0. The molecule has 5 heteroatoms. The van der Waals surface area contributed by atoms with Gasteiger partial charge in [-0.25, -0.2) is 0 Å². The van der Waals surface area contributed by atoms with E-state index in [1.54, 1.807) is 12.1 Å². The molecule has 2 aromatic rings. The lowest BCUT2D eigenvalue weighted by Crippen LogP contribution is -2.24. The molecule has 0 aliphatic rings. The maximum Gasteiger partial charge on any atom is 0.272 e. The number of aromatic nitrogens is 2. The van der Waals surface area contributed by atoms with Crippen LogP contribution in [0.3, 0.4) is 0 Å². The van der Waals surface area contributed by atoms with Gasteiger partial charge in [-0.3, -0.25) is 4.79 Å². The number of anilines is 1. The topological polar surface area (TPSA) is 66.9 Å². The van der Waals surface area contributed by atoms with Crippen LogP contribution in [0.4, 0.5) is 5.82 Å². The number of carbonyl (C=O) groups excluding carboxylic acids is 1. The standard InChI is InChI=1S/C16H20N4O/c1-11(2)18-15-8-7-14(19-20-15)16(21)17-10-13-6-4-5-12(3)9-13/h4-9,11H,10H2,1-3H3,(H,17,21)(H,18,20).